The van der Waals surface area contributed by atoms with Crippen LogP contribution in [0.3, 0.4) is 0 Å². The number of morpholine rings is 1. The topological polar surface area (TPSA) is 41.6 Å². The summed E-state index contributed by atoms with van der Waals surface area (Å²) in [5, 5.41) is 4.15. The highest BCUT2D eigenvalue weighted by atomic mass is 35.5. The number of anilines is 2. The smallest absolute Gasteiger partial charge is 0.248 e. The lowest BCUT2D eigenvalue weighted by Gasteiger charge is -2.31. The Morgan fingerprint density at radius 1 is 1.12 bits per heavy atom. The highest BCUT2D eigenvalue weighted by molar-refractivity contribution is 6.34. The first-order valence-corrected chi connectivity index (χ1v) is 8.75. The summed E-state index contributed by atoms with van der Waals surface area (Å²) in [6.07, 6.45) is 3.20. The molecule has 1 aliphatic rings. The molecule has 0 spiro atoms. The molecule has 3 rings (SSSR count). The van der Waals surface area contributed by atoms with Gasteiger partial charge < -0.3 is 15.0 Å². The summed E-state index contributed by atoms with van der Waals surface area (Å²) >= 11 is 12.3. The Hall–Kier alpha value is -2.01. The van der Waals surface area contributed by atoms with Crippen molar-refractivity contribution < 1.29 is 9.53 Å². The molecule has 0 aromatic heterocycles. The Labute approximate surface area is 157 Å². The summed E-state index contributed by atoms with van der Waals surface area (Å²) in [6, 6.07) is 12.8. The van der Waals surface area contributed by atoms with E-state index in [1.165, 1.54) is 6.08 Å². The molecule has 0 atom stereocenters. The number of para-hydroxylation sites is 1. The number of nitrogens with zero attached hydrogens (tertiary/aromatic N) is 1. The zero-order valence-corrected chi connectivity index (χ0v) is 15.1. The molecule has 0 unspecified atom stereocenters. The molecule has 1 aliphatic heterocycles. The minimum Gasteiger partial charge on any atom is -0.378 e. The fourth-order valence-corrected chi connectivity index (χ4v) is 3.17. The zero-order chi connectivity index (χ0) is 17.6. The predicted octanol–water partition coefficient (Wildman–Crippen LogP) is 4.48. The van der Waals surface area contributed by atoms with E-state index >= 15 is 0 Å². The van der Waals surface area contributed by atoms with Gasteiger partial charge in [-0.3, -0.25) is 4.79 Å². The summed E-state index contributed by atoms with van der Waals surface area (Å²) in [7, 11) is 0. The lowest BCUT2D eigenvalue weighted by molar-refractivity contribution is -0.111. The van der Waals surface area contributed by atoms with E-state index in [0.29, 0.717) is 28.9 Å². The van der Waals surface area contributed by atoms with E-state index in [1.807, 2.05) is 30.3 Å². The molecule has 2 aromatic carbocycles. The Morgan fingerprint density at radius 3 is 2.64 bits per heavy atom. The lowest BCUT2D eigenvalue weighted by Crippen LogP contribution is -2.37. The molecule has 0 aliphatic carbocycles. The molecule has 0 radical (unpaired) electrons. The Morgan fingerprint density at radius 2 is 1.88 bits per heavy atom. The van der Waals surface area contributed by atoms with Crippen LogP contribution in [0.2, 0.25) is 10.0 Å². The molecule has 1 heterocycles. The van der Waals surface area contributed by atoms with E-state index in [1.54, 1.807) is 18.2 Å². The van der Waals surface area contributed by atoms with Crippen LogP contribution in [0.1, 0.15) is 5.56 Å². The van der Waals surface area contributed by atoms with Crippen molar-refractivity contribution in [1.29, 1.82) is 0 Å². The van der Waals surface area contributed by atoms with E-state index in [2.05, 4.69) is 10.2 Å². The maximum absolute atomic E-state index is 12.3. The van der Waals surface area contributed by atoms with Gasteiger partial charge in [0.25, 0.3) is 0 Å². The molecule has 1 fully saturated rings. The number of halogens is 2. The summed E-state index contributed by atoms with van der Waals surface area (Å²) in [5.41, 5.74) is 2.38. The number of hydrogen-bond donors (Lipinski definition) is 1. The van der Waals surface area contributed by atoms with E-state index in [9.17, 15) is 4.79 Å². The van der Waals surface area contributed by atoms with Crippen molar-refractivity contribution in [3.8, 4) is 0 Å². The molecule has 1 saturated heterocycles. The van der Waals surface area contributed by atoms with Crippen LogP contribution in [0, 0.1) is 0 Å². The lowest BCUT2D eigenvalue weighted by atomic mass is 10.2. The number of benzene rings is 2. The van der Waals surface area contributed by atoms with Crippen molar-refractivity contribution in [1.82, 2.24) is 0 Å². The number of carbonyl (C=O) groups is 1. The number of rotatable bonds is 4. The third-order valence-electron chi connectivity index (χ3n) is 3.85. The zero-order valence-electron chi connectivity index (χ0n) is 13.5. The molecule has 0 bridgehead atoms. The largest absolute Gasteiger partial charge is 0.378 e. The number of ether oxygens (including phenoxy) is 1. The average molecular weight is 377 g/mol. The van der Waals surface area contributed by atoms with Gasteiger partial charge in [-0.05, 0) is 35.9 Å². The second-order valence-electron chi connectivity index (χ2n) is 5.61. The summed E-state index contributed by atoms with van der Waals surface area (Å²) in [6.45, 7) is 2.77. The molecule has 2 aromatic rings. The van der Waals surface area contributed by atoms with Crippen LogP contribution < -0.4 is 10.2 Å². The molecule has 0 saturated carbocycles. The van der Waals surface area contributed by atoms with Gasteiger partial charge in [0.15, 0.2) is 0 Å². The molecule has 130 valence electrons. The Kier molecular flexibility index (Phi) is 5.97. The van der Waals surface area contributed by atoms with Gasteiger partial charge in [0.1, 0.15) is 0 Å². The monoisotopic (exact) mass is 376 g/mol. The van der Waals surface area contributed by atoms with Gasteiger partial charge in [0, 0.05) is 24.2 Å². The van der Waals surface area contributed by atoms with E-state index in [4.69, 9.17) is 27.9 Å². The van der Waals surface area contributed by atoms with E-state index < -0.39 is 0 Å². The van der Waals surface area contributed by atoms with Crippen molar-refractivity contribution in [2.45, 2.75) is 0 Å². The minimum absolute atomic E-state index is 0.225. The maximum atomic E-state index is 12.3. The first-order chi connectivity index (χ1) is 12.1. The van der Waals surface area contributed by atoms with Gasteiger partial charge in [-0.2, -0.15) is 0 Å². The summed E-state index contributed by atoms with van der Waals surface area (Å²) < 4.78 is 5.39. The van der Waals surface area contributed by atoms with Crippen LogP contribution in [-0.4, -0.2) is 32.2 Å². The molecule has 4 nitrogen and oxygen atoms in total. The van der Waals surface area contributed by atoms with Gasteiger partial charge in [-0.1, -0.05) is 41.4 Å². The predicted molar refractivity (Wildman–Crippen MR) is 104 cm³/mol. The molecule has 1 amide bonds. The second-order valence-corrected chi connectivity index (χ2v) is 6.46. The number of amides is 1. The summed E-state index contributed by atoms with van der Waals surface area (Å²) in [4.78, 5) is 14.4. The standard InChI is InChI=1S/C19H18Cl2N2O2/c20-15-4-1-3-14(13-15)7-8-18(24)22-17-6-2-5-16(21)19(17)23-9-11-25-12-10-23/h1-8,13H,9-12H2,(H,22,24)/b8-7+. The van der Waals surface area contributed by atoms with Gasteiger partial charge >= 0.3 is 0 Å². The van der Waals surface area contributed by atoms with Crippen LogP contribution in [0.25, 0.3) is 6.08 Å². The van der Waals surface area contributed by atoms with Crippen molar-refractivity contribution in [3.05, 3.63) is 64.1 Å². The molecular formula is C19H18Cl2N2O2. The van der Waals surface area contributed by atoms with Gasteiger partial charge in [-0.25, -0.2) is 0 Å². The normalized spacial score (nSPS) is 14.7. The Balaban J connectivity index is 1.76. The van der Waals surface area contributed by atoms with Crippen molar-refractivity contribution in [3.63, 3.8) is 0 Å². The summed E-state index contributed by atoms with van der Waals surface area (Å²) in [5.74, 6) is -0.225. The number of carbonyl (C=O) groups excluding carboxylic acids is 1. The molecule has 6 heteroatoms. The first kappa shape index (κ1) is 17.8. The number of hydrogen-bond acceptors (Lipinski definition) is 3. The van der Waals surface area contributed by atoms with Crippen molar-refractivity contribution >= 4 is 46.6 Å². The maximum Gasteiger partial charge on any atom is 0.248 e. The van der Waals surface area contributed by atoms with Crippen LogP contribution in [0.15, 0.2) is 48.5 Å². The SMILES string of the molecule is O=C(/C=C/c1cccc(Cl)c1)Nc1cccc(Cl)c1N1CCOCC1. The van der Waals surface area contributed by atoms with Gasteiger partial charge in [0.2, 0.25) is 5.91 Å². The Bertz CT molecular complexity index is 787. The van der Waals surface area contributed by atoms with E-state index in [0.717, 1.165) is 24.3 Å². The third-order valence-corrected chi connectivity index (χ3v) is 4.39. The quantitative estimate of drug-likeness (QED) is 0.799. The van der Waals surface area contributed by atoms with Crippen LogP contribution in [0.4, 0.5) is 11.4 Å². The van der Waals surface area contributed by atoms with Crippen LogP contribution >= 0.6 is 23.2 Å². The second kappa shape index (κ2) is 8.39. The minimum atomic E-state index is -0.225. The molecule has 25 heavy (non-hydrogen) atoms. The average Bonchev–Trinajstić information content (AvgIpc) is 2.61. The van der Waals surface area contributed by atoms with Crippen molar-refractivity contribution in [2.75, 3.05) is 36.5 Å². The van der Waals surface area contributed by atoms with Crippen molar-refractivity contribution in [2.24, 2.45) is 0 Å². The first-order valence-electron chi connectivity index (χ1n) is 7.99. The third kappa shape index (κ3) is 4.75. The molecular weight excluding hydrogens is 359 g/mol. The highest BCUT2D eigenvalue weighted by Crippen LogP contribution is 2.34. The number of nitrogens with one attached hydrogen (secondary N) is 1. The van der Waals surface area contributed by atoms with Crippen LogP contribution in [-0.2, 0) is 9.53 Å². The van der Waals surface area contributed by atoms with Gasteiger partial charge in [0.05, 0.1) is 29.6 Å². The van der Waals surface area contributed by atoms with Crippen LogP contribution in [0.5, 0.6) is 0 Å². The highest BCUT2D eigenvalue weighted by Gasteiger charge is 2.18. The fourth-order valence-electron chi connectivity index (χ4n) is 2.68. The van der Waals surface area contributed by atoms with E-state index in [-0.39, 0.29) is 5.91 Å². The van der Waals surface area contributed by atoms with Gasteiger partial charge in [-0.15, -0.1) is 0 Å². The molecule has 1 N–H and O–H groups in total. The fraction of sp³-hybridized carbons (Fsp3) is 0.211.